The molecule has 18 heavy (non-hydrogen) atoms. The minimum Gasteiger partial charge on any atom is -0.461 e. The number of hydrogen-bond acceptors (Lipinski definition) is 2. The summed E-state index contributed by atoms with van der Waals surface area (Å²) in [5.41, 5.74) is 0.966. The second-order valence-electron chi connectivity index (χ2n) is 5.31. The summed E-state index contributed by atoms with van der Waals surface area (Å²) in [6, 6.07) is 10.8. The Morgan fingerprint density at radius 1 is 1.17 bits per heavy atom. The van der Waals surface area contributed by atoms with E-state index in [1.165, 1.54) is 25.7 Å². The molecule has 1 saturated heterocycles. The zero-order valence-corrected chi connectivity index (χ0v) is 10.9. The molecule has 2 fully saturated rings. The van der Waals surface area contributed by atoms with Gasteiger partial charge in [-0.1, -0.05) is 24.6 Å². The van der Waals surface area contributed by atoms with Crippen molar-refractivity contribution in [2.45, 2.75) is 31.8 Å². The number of nitrogens with zero attached hydrogens (tertiary/aromatic N) is 2. The molecule has 0 spiro atoms. The van der Waals surface area contributed by atoms with Crippen LogP contribution >= 0.6 is 0 Å². The SMILES string of the molecule is CN1C[C@H]2CCCC[C@H]2OC1=Nc1ccccc1. The number of hydrogen-bond donors (Lipinski definition) is 0. The van der Waals surface area contributed by atoms with Gasteiger partial charge in [-0.3, -0.25) is 0 Å². The van der Waals surface area contributed by atoms with Crippen molar-refractivity contribution in [3.63, 3.8) is 0 Å². The van der Waals surface area contributed by atoms with E-state index < -0.39 is 0 Å². The molecule has 0 bridgehead atoms. The zero-order valence-electron chi connectivity index (χ0n) is 10.9. The molecule has 1 aromatic rings. The molecule has 0 unspecified atom stereocenters. The molecule has 0 radical (unpaired) electrons. The molecule has 1 saturated carbocycles. The Morgan fingerprint density at radius 2 is 1.94 bits per heavy atom. The molecule has 1 aromatic carbocycles. The first kappa shape index (κ1) is 11.6. The maximum Gasteiger partial charge on any atom is 0.292 e. The molecule has 2 atom stereocenters. The molecule has 3 heteroatoms. The fourth-order valence-electron chi connectivity index (χ4n) is 2.92. The first-order valence-electron chi connectivity index (χ1n) is 6.84. The summed E-state index contributed by atoms with van der Waals surface area (Å²) in [5.74, 6) is 0.693. The van der Waals surface area contributed by atoms with Gasteiger partial charge in [0.25, 0.3) is 6.02 Å². The summed E-state index contributed by atoms with van der Waals surface area (Å²) in [5, 5.41) is 0. The third kappa shape index (κ3) is 2.35. The van der Waals surface area contributed by atoms with Gasteiger partial charge < -0.3 is 9.64 Å². The van der Waals surface area contributed by atoms with Crippen LogP contribution in [0.4, 0.5) is 5.69 Å². The molecule has 96 valence electrons. The third-order valence-corrected chi connectivity index (χ3v) is 3.91. The predicted molar refractivity (Wildman–Crippen MR) is 73.0 cm³/mol. The van der Waals surface area contributed by atoms with E-state index in [0.29, 0.717) is 12.0 Å². The van der Waals surface area contributed by atoms with E-state index in [9.17, 15) is 0 Å². The Bertz CT molecular complexity index is 429. The van der Waals surface area contributed by atoms with Crippen LogP contribution in [0.1, 0.15) is 25.7 Å². The van der Waals surface area contributed by atoms with Crippen LogP contribution in [0.5, 0.6) is 0 Å². The number of ether oxygens (including phenoxy) is 1. The smallest absolute Gasteiger partial charge is 0.292 e. The molecular weight excluding hydrogens is 224 g/mol. The molecule has 0 N–H and O–H groups in total. The first-order chi connectivity index (χ1) is 8.83. The average Bonchev–Trinajstić information content (AvgIpc) is 2.41. The average molecular weight is 244 g/mol. The van der Waals surface area contributed by atoms with Crippen LogP contribution in [0.2, 0.25) is 0 Å². The Labute approximate surface area is 108 Å². The predicted octanol–water partition coefficient (Wildman–Crippen LogP) is 3.19. The van der Waals surface area contributed by atoms with Crippen LogP contribution in [0.15, 0.2) is 35.3 Å². The van der Waals surface area contributed by atoms with E-state index in [0.717, 1.165) is 18.3 Å². The van der Waals surface area contributed by atoms with Crippen molar-refractivity contribution < 1.29 is 4.74 Å². The van der Waals surface area contributed by atoms with Crippen LogP contribution in [0.3, 0.4) is 0 Å². The highest BCUT2D eigenvalue weighted by Gasteiger charge is 2.34. The second-order valence-corrected chi connectivity index (χ2v) is 5.31. The first-order valence-corrected chi connectivity index (χ1v) is 6.84. The van der Waals surface area contributed by atoms with Gasteiger partial charge in [-0.25, -0.2) is 0 Å². The number of rotatable bonds is 1. The quantitative estimate of drug-likeness (QED) is 0.758. The van der Waals surface area contributed by atoms with E-state index in [4.69, 9.17) is 4.74 Å². The molecule has 3 rings (SSSR count). The molecule has 3 nitrogen and oxygen atoms in total. The van der Waals surface area contributed by atoms with Crippen LogP contribution in [-0.2, 0) is 4.74 Å². The Kier molecular flexibility index (Phi) is 3.22. The highest BCUT2D eigenvalue weighted by molar-refractivity contribution is 5.77. The number of para-hydroxylation sites is 1. The van der Waals surface area contributed by atoms with Crippen molar-refractivity contribution in [1.82, 2.24) is 4.90 Å². The summed E-state index contributed by atoms with van der Waals surface area (Å²) >= 11 is 0. The Hall–Kier alpha value is -1.51. The number of benzene rings is 1. The zero-order chi connectivity index (χ0) is 12.4. The van der Waals surface area contributed by atoms with Crippen LogP contribution < -0.4 is 0 Å². The normalized spacial score (nSPS) is 29.8. The highest BCUT2D eigenvalue weighted by Crippen LogP contribution is 2.31. The van der Waals surface area contributed by atoms with Crippen molar-refractivity contribution in [3.05, 3.63) is 30.3 Å². The minimum atomic E-state index is 0.386. The molecule has 1 aliphatic heterocycles. The highest BCUT2D eigenvalue weighted by atomic mass is 16.5. The topological polar surface area (TPSA) is 24.8 Å². The number of aliphatic imine (C=N–C) groups is 1. The largest absolute Gasteiger partial charge is 0.461 e. The van der Waals surface area contributed by atoms with Gasteiger partial charge in [0, 0.05) is 19.5 Å². The van der Waals surface area contributed by atoms with Crippen LogP contribution in [0.25, 0.3) is 0 Å². The van der Waals surface area contributed by atoms with Crippen molar-refractivity contribution in [3.8, 4) is 0 Å². The third-order valence-electron chi connectivity index (χ3n) is 3.91. The van der Waals surface area contributed by atoms with E-state index >= 15 is 0 Å². The molecular formula is C15H20N2O. The lowest BCUT2D eigenvalue weighted by Crippen LogP contribution is -2.48. The molecule has 0 aromatic heterocycles. The van der Waals surface area contributed by atoms with E-state index in [2.05, 4.69) is 16.9 Å². The van der Waals surface area contributed by atoms with Gasteiger partial charge in [0.05, 0.1) is 5.69 Å². The lowest BCUT2D eigenvalue weighted by Gasteiger charge is -2.41. The van der Waals surface area contributed by atoms with Gasteiger partial charge in [-0.15, -0.1) is 0 Å². The van der Waals surface area contributed by atoms with E-state index in [1.807, 2.05) is 30.3 Å². The van der Waals surface area contributed by atoms with Gasteiger partial charge >= 0.3 is 0 Å². The summed E-state index contributed by atoms with van der Waals surface area (Å²) in [6.45, 7) is 1.08. The van der Waals surface area contributed by atoms with Crippen molar-refractivity contribution >= 4 is 11.7 Å². The summed E-state index contributed by atoms with van der Waals surface area (Å²) in [6.07, 6.45) is 5.52. The summed E-state index contributed by atoms with van der Waals surface area (Å²) in [4.78, 5) is 6.76. The minimum absolute atomic E-state index is 0.386. The molecule has 1 heterocycles. The fourth-order valence-corrected chi connectivity index (χ4v) is 2.92. The molecule has 1 aliphatic carbocycles. The van der Waals surface area contributed by atoms with Crippen molar-refractivity contribution in [1.29, 1.82) is 0 Å². The van der Waals surface area contributed by atoms with Crippen molar-refractivity contribution in [2.75, 3.05) is 13.6 Å². The number of fused-ring (bicyclic) bond motifs is 1. The monoisotopic (exact) mass is 244 g/mol. The summed E-state index contributed by atoms with van der Waals surface area (Å²) in [7, 11) is 2.08. The molecule has 0 amide bonds. The standard InChI is InChI=1S/C15H20N2O/c1-17-11-12-7-5-6-10-14(12)18-15(17)16-13-8-3-2-4-9-13/h2-4,8-9,12,14H,5-7,10-11H2,1H3/t12-,14-/m1/s1. The van der Waals surface area contributed by atoms with E-state index in [1.54, 1.807) is 0 Å². The van der Waals surface area contributed by atoms with Crippen LogP contribution in [0, 0.1) is 5.92 Å². The van der Waals surface area contributed by atoms with Gasteiger partial charge in [0.15, 0.2) is 0 Å². The second kappa shape index (κ2) is 5.01. The lowest BCUT2D eigenvalue weighted by atomic mass is 9.85. The fraction of sp³-hybridized carbons (Fsp3) is 0.533. The van der Waals surface area contributed by atoms with Gasteiger partial charge in [-0.05, 0) is 31.4 Å². The number of amidine groups is 1. The van der Waals surface area contributed by atoms with Gasteiger partial charge in [-0.2, -0.15) is 4.99 Å². The maximum atomic E-state index is 6.08. The Balaban J connectivity index is 1.78. The van der Waals surface area contributed by atoms with Gasteiger partial charge in [0.1, 0.15) is 6.10 Å². The Morgan fingerprint density at radius 3 is 2.78 bits per heavy atom. The maximum absolute atomic E-state index is 6.08. The lowest BCUT2D eigenvalue weighted by molar-refractivity contribution is 0.0197. The van der Waals surface area contributed by atoms with Crippen molar-refractivity contribution in [2.24, 2.45) is 10.9 Å². The van der Waals surface area contributed by atoms with E-state index in [-0.39, 0.29) is 0 Å². The molecule has 2 aliphatic rings. The van der Waals surface area contributed by atoms with Crippen LogP contribution in [-0.4, -0.2) is 30.6 Å². The summed E-state index contributed by atoms with van der Waals surface area (Å²) < 4.78 is 6.08. The van der Waals surface area contributed by atoms with Gasteiger partial charge in [0.2, 0.25) is 0 Å².